The number of aromatic carboxylic acids is 2. The van der Waals surface area contributed by atoms with E-state index in [4.69, 9.17) is 0 Å². The summed E-state index contributed by atoms with van der Waals surface area (Å²) in [5.41, 5.74) is 0.102. The van der Waals surface area contributed by atoms with Gasteiger partial charge in [-0.05, 0) is 42.9 Å². The van der Waals surface area contributed by atoms with E-state index < -0.39 is 17.8 Å². The van der Waals surface area contributed by atoms with Gasteiger partial charge in [0.1, 0.15) is 0 Å². The summed E-state index contributed by atoms with van der Waals surface area (Å²) in [6, 6.07) is 9.92. The van der Waals surface area contributed by atoms with Crippen molar-refractivity contribution in [1.29, 1.82) is 0 Å². The number of nitrogens with one attached hydrogen (secondary N) is 1. The Hall–Kier alpha value is -2.45. The van der Waals surface area contributed by atoms with Crippen molar-refractivity contribution in [2.45, 2.75) is 92.7 Å². The van der Waals surface area contributed by atoms with Gasteiger partial charge < -0.3 is 15.5 Å². The molecule has 0 fully saturated rings. The highest BCUT2D eigenvalue weighted by molar-refractivity contribution is 8.00. The van der Waals surface area contributed by atoms with Gasteiger partial charge in [0.25, 0.3) is 5.91 Å². The number of hydrogen-bond acceptors (Lipinski definition) is 5. The molecule has 2 rings (SSSR count). The highest BCUT2D eigenvalue weighted by Gasteiger charge is 2.24. The van der Waals surface area contributed by atoms with Gasteiger partial charge in [0, 0.05) is 21.2 Å². The predicted molar refractivity (Wildman–Crippen MR) is 152 cm³/mol. The normalized spacial score (nSPS) is 10.9. The molecule has 2 aromatic rings. The summed E-state index contributed by atoms with van der Waals surface area (Å²) in [5.74, 6) is -1.85. The molecule has 8 heteroatoms. The molecule has 202 valence electrons. The van der Waals surface area contributed by atoms with Crippen molar-refractivity contribution in [3.05, 3.63) is 53.1 Å². The van der Waals surface area contributed by atoms with E-state index in [0.29, 0.717) is 16.3 Å². The van der Waals surface area contributed by atoms with Crippen LogP contribution in [0, 0.1) is 0 Å². The van der Waals surface area contributed by atoms with E-state index in [1.165, 1.54) is 44.6 Å². The number of benzene rings is 2. The molecule has 0 aliphatic rings. The monoisotopic (exact) mass is 545 g/mol. The van der Waals surface area contributed by atoms with E-state index in [2.05, 4.69) is 12.2 Å². The zero-order valence-corrected chi connectivity index (χ0v) is 23.5. The maximum absolute atomic E-state index is 13.0. The van der Waals surface area contributed by atoms with Crippen LogP contribution in [0.5, 0.6) is 0 Å². The summed E-state index contributed by atoms with van der Waals surface area (Å²) >= 11 is 2.68. The lowest BCUT2D eigenvalue weighted by molar-refractivity contribution is 0.0681. The smallest absolute Gasteiger partial charge is 0.337 e. The molecule has 0 spiro atoms. The lowest BCUT2D eigenvalue weighted by Gasteiger charge is -2.15. The molecule has 0 bridgehead atoms. The highest BCUT2D eigenvalue weighted by atomic mass is 32.2. The first kappa shape index (κ1) is 30.8. The maximum Gasteiger partial charge on any atom is 0.337 e. The van der Waals surface area contributed by atoms with Crippen LogP contribution in [0.4, 0.5) is 0 Å². The molecule has 2 aromatic carbocycles. The molecule has 1 amide bonds. The molecule has 0 aliphatic carbocycles. The van der Waals surface area contributed by atoms with Crippen molar-refractivity contribution in [2.24, 2.45) is 0 Å². The second kappa shape index (κ2) is 17.1. The highest BCUT2D eigenvalue weighted by Crippen LogP contribution is 2.37. The van der Waals surface area contributed by atoms with Gasteiger partial charge in [0.05, 0.1) is 16.7 Å². The maximum atomic E-state index is 13.0. The zero-order valence-electron chi connectivity index (χ0n) is 21.9. The standard InChI is InChI=1S/C29H39NO5S2/c1-3-5-7-8-9-10-11-14-18-36-21-19-23(27(31)30-17-6-4-2)26(29(34)35)25(20-21)37-24-16-13-12-15-22(24)28(32)33/h12-13,15-16,19-20H,3-11,14,17-18H2,1-2H3,(H,30,31)(H,32,33)(H,34,35). The molecule has 0 radical (unpaired) electrons. The predicted octanol–water partition coefficient (Wildman–Crippen LogP) is 8.00. The van der Waals surface area contributed by atoms with Gasteiger partial charge in [-0.15, -0.1) is 11.8 Å². The van der Waals surface area contributed by atoms with Gasteiger partial charge in [-0.25, -0.2) is 9.59 Å². The van der Waals surface area contributed by atoms with Gasteiger partial charge in [-0.2, -0.15) is 0 Å². The van der Waals surface area contributed by atoms with Gasteiger partial charge in [-0.3, -0.25) is 4.79 Å². The molecule has 0 atom stereocenters. The Kier molecular flexibility index (Phi) is 14.2. The van der Waals surface area contributed by atoms with Gasteiger partial charge in [0.15, 0.2) is 0 Å². The Morgan fingerprint density at radius 1 is 0.757 bits per heavy atom. The largest absolute Gasteiger partial charge is 0.478 e. The van der Waals surface area contributed by atoms with E-state index in [0.717, 1.165) is 48.1 Å². The molecule has 0 saturated carbocycles. The number of carbonyl (C=O) groups is 3. The Morgan fingerprint density at radius 2 is 1.41 bits per heavy atom. The second-order valence-electron chi connectivity index (χ2n) is 8.99. The van der Waals surface area contributed by atoms with Crippen molar-refractivity contribution < 1.29 is 24.6 Å². The third-order valence-corrected chi connectivity index (χ3v) is 8.13. The van der Waals surface area contributed by atoms with Gasteiger partial charge in [-0.1, -0.05) is 89.1 Å². The van der Waals surface area contributed by atoms with Crippen molar-refractivity contribution in [2.75, 3.05) is 12.3 Å². The summed E-state index contributed by atoms with van der Waals surface area (Å²) in [4.78, 5) is 38.6. The molecule has 0 heterocycles. The summed E-state index contributed by atoms with van der Waals surface area (Å²) in [6.07, 6.45) is 11.5. The van der Waals surface area contributed by atoms with Crippen LogP contribution in [0.25, 0.3) is 0 Å². The van der Waals surface area contributed by atoms with Gasteiger partial charge in [0.2, 0.25) is 0 Å². The van der Waals surface area contributed by atoms with Crippen LogP contribution in [-0.4, -0.2) is 40.4 Å². The Labute approximate surface area is 229 Å². The van der Waals surface area contributed by atoms with E-state index in [1.54, 1.807) is 42.1 Å². The molecule has 6 nitrogen and oxygen atoms in total. The number of rotatable bonds is 18. The van der Waals surface area contributed by atoms with E-state index in [-0.39, 0.29) is 16.7 Å². The minimum absolute atomic E-state index is 0.0924. The van der Waals surface area contributed by atoms with Gasteiger partial charge >= 0.3 is 11.9 Å². The van der Waals surface area contributed by atoms with Crippen molar-refractivity contribution in [3.63, 3.8) is 0 Å². The number of unbranched alkanes of at least 4 members (excludes halogenated alkanes) is 8. The average Bonchev–Trinajstić information content (AvgIpc) is 2.87. The summed E-state index contributed by atoms with van der Waals surface area (Å²) < 4.78 is 0. The van der Waals surface area contributed by atoms with E-state index in [9.17, 15) is 24.6 Å². The molecule has 0 aliphatic heterocycles. The molecule has 0 aromatic heterocycles. The minimum Gasteiger partial charge on any atom is -0.478 e. The van der Waals surface area contributed by atoms with Crippen LogP contribution >= 0.6 is 23.5 Å². The van der Waals surface area contributed by atoms with E-state index in [1.807, 2.05) is 6.92 Å². The third kappa shape index (κ3) is 10.4. The third-order valence-electron chi connectivity index (χ3n) is 5.95. The quantitative estimate of drug-likeness (QED) is 0.129. The molecular formula is C29H39NO5S2. The Morgan fingerprint density at radius 3 is 2.05 bits per heavy atom. The number of carbonyl (C=O) groups excluding carboxylic acids is 1. The number of carboxylic acid groups (broad SMARTS) is 2. The molecule has 37 heavy (non-hydrogen) atoms. The first-order valence-electron chi connectivity index (χ1n) is 13.2. The van der Waals surface area contributed by atoms with Crippen molar-refractivity contribution in [3.8, 4) is 0 Å². The van der Waals surface area contributed by atoms with Crippen LogP contribution in [-0.2, 0) is 0 Å². The second-order valence-corrected chi connectivity index (χ2v) is 11.2. The topological polar surface area (TPSA) is 104 Å². The molecular weight excluding hydrogens is 506 g/mol. The molecule has 0 saturated heterocycles. The average molecular weight is 546 g/mol. The van der Waals surface area contributed by atoms with Crippen molar-refractivity contribution >= 4 is 41.4 Å². The fourth-order valence-corrected chi connectivity index (χ4v) is 6.10. The summed E-state index contributed by atoms with van der Waals surface area (Å²) in [5, 5.41) is 22.5. The van der Waals surface area contributed by atoms with E-state index >= 15 is 0 Å². The first-order chi connectivity index (χ1) is 17.9. The lowest BCUT2D eigenvalue weighted by Crippen LogP contribution is -2.26. The first-order valence-corrected chi connectivity index (χ1v) is 15.0. The van der Waals surface area contributed by atoms with Crippen LogP contribution in [0.2, 0.25) is 0 Å². The van der Waals surface area contributed by atoms with Crippen LogP contribution in [0.3, 0.4) is 0 Å². The Balaban J connectivity index is 2.25. The van der Waals surface area contributed by atoms with Crippen LogP contribution in [0.15, 0.2) is 51.1 Å². The number of carboxylic acids is 2. The lowest BCUT2D eigenvalue weighted by atomic mass is 10.1. The van der Waals surface area contributed by atoms with Crippen LogP contribution in [0.1, 0.15) is 109 Å². The number of hydrogen-bond donors (Lipinski definition) is 3. The number of amides is 1. The van der Waals surface area contributed by atoms with Crippen LogP contribution < -0.4 is 5.32 Å². The summed E-state index contributed by atoms with van der Waals surface area (Å²) in [7, 11) is 0. The fraction of sp³-hybridized carbons (Fsp3) is 0.483. The molecule has 0 unspecified atom stereocenters. The Bertz CT molecular complexity index is 1040. The number of thioether (sulfide) groups is 1. The zero-order chi connectivity index (χ0) is 27.0. The fourth-order valence-electron chi connectivity index (χ4n) is 3.90. The molecule has 3 N–H and O–H groups in total. The van der Waals surface area contributed by atoms with Crippen molar-refractivity contribution in [1.82, 2.24) is 5.32 Å². The minimum atomic E-state index is -1.21. The summed E-state index contributed by atoms with van der Waals surface area (Å²) in [6.45, 7) is 4.70. The SMILES string of the molecule is CCCCCCCCCCSc1cc(Sc2ccccc2C(=O)O)c(C(=O)O)c(C(=O)NCCCC)c1.